The van der Waals surface area contributed by atoms with Gasteiger partial charge in [0.05, 0.1) is 11.4 Å². The number of nitrogens with one attached hydrogen (secondary N) is 2. The average molecular weight is 509 g/mol. The van der Waals surface area contributed by atoms with E-state index < -0.39 is 16.1 Å². The lowest BCUT2D eigenvalue weighted by atomic mass is 10.1. The van der Waals surface area contributed by atoms with Crippen molar-refractivity contribution in [1.29, 1.82) is 0 Å². The number of hydrogen-bond acceptors (Lipinski definition) is 4. The third-order valence-corrected chi connectivity index (χ3v) is 7.91. The number of fused-ring (bicyclic) bond motifs is 1. The van der Waals surface area contributed by atoms with E-state index in [-0.39, 0.29) is 23.4 Å². The van der Waals surface area contributed by atoms with Crippen molar-refractivity contribution in [2.24, 2.45) is 0 Å². The van der Waals surface area contributed by atoms with E-state index in [0.717, 1.165) is 47.6 Å². The minimum atomic E-state index is -4.02. The number of amides is 3. The van der Waals surface area contributed by atoms with Gasteiger partial charge in [0.2, 0.25) is 5.91 Å². The number of nitrogens with zero attached hydrogens (tertiary/aromatic N) is 2. The smallest absolute Gasteiger partial charge is 0.335 e. The zero-order valence-corrected chi connectivity index (χ0v) is 21.4. The zero-order chi connectivity index (χ0) is 25.7. The molecule has 3 aromatic rings. The van der Waals surface area contributed by atoms with Crippen LogP contribution >= 0.6 is 0 Å². The largest absolute Gasteiger partial charge is 0.352 e. The highest BCUT2D eigenvalue weighted by Crippen LogP contribution is 2.24. The Balaban J connectivity index is 1.58. The Morgan fingerprint density at radius 1 is 0.917 bits per heavy atom. The fourth-order valence-electron chi connectivity index (χ4n) is 4.48. The van der Waals surface area contributed by atoms with E-state index in [0.29, 0.717) is 6.54 Å². The minimum absolute atomic E-state index is 0.0587. The SMILES string of the molecule is CC(=O)NCc1ccc(CN(NS(=O)(=O)c2ccc3ccccc3c2)C(=O)N(C)C2CCCC2)cc1. The van der Waals surface area contributed by atoms with E-state index in [4.69, 9.17) is 0 Å². The van der Waals surface area contributed by atoms with Crippen LogP contribution < -0.4 is 10.1 Å². The maximum atomic E-state index is 13.5. The summed E-state index contributed by atoms with van der Waals surface area (Å²) in [7, 11) is -2.29. The second kappa shape index (κ2) is 11.1. The maximum absolute atomic E-state index is 13.5. The summed E-state index contributed by atoms with van der Waals surface area (Å²) >= 11 is 0. The lowest BCUT2D eigenvalue weighted by molar-refractivity contribution is -0.119. The third kappa shape index (κ3) is 6.22. The van der Waals surface area contributed by atoms with Crippen LogP contribution in [-0.4, -0.2) is 43.4 Å². The molecule has 0 spiro atoms. The summed E-state index contributed by atoms with van der Waals surface area (Å²) in [6, 6.07) is 19.5. The van der Waals surface area contributed by atoms with Gasteiger partial charge in [0, 0.05) is 26.6 Å². The van der Waals surface area contributed by atoms with Crippen molar-refractivity contribution >= 4 is 32.7 Å². The highest BCUT2D eigenvalue weighted by molar-refractivity contribution is 7.89. The van der Waals surface area contributed by atoms with Gasteiger partial charge in [-0.1, -0.05) is 67.4 Å². The molecule has 0 atom stereocenters. The molecule has 0 bridgehead atoms. The van der Waals surface area contributed by atoms with Gasteiger partial charge in [0.15, 0.2) is 0 Å². The number of benzene rings is 3. The first-order chi connectivity index (χ1) is 17.2. The molecular weight excluding hydrogens is 476 g/mol. The molecule has 1 aliphatic rings. The number of sulfonamides is 1. The molecule has 3 amide bonds. The van der Waals surface area contributed by atoms with Crippen LogP contribution in [0.1, 0.15) is 43.7 Å². The topological polar surface area (TPSA) is 98.8 Å². The van der Waals surface area contributed by atoms with Crippen molar-refractivity contribution in [1.82, 2.24) is 20.1 Å². The fraction of sp³-hybridized carbons (Fsp3) is 0.333. The highest BCUT2D eigenvalue weighted by atomic mass is 32.2. The molecule has 0 unspecified atom stereocenters. The molecule has 1 fully saturated rings. The van der Waals surface area contributed by atoms with Gasteiger partial charge in [-0.05, 0) is 46.9 Å². The van der Waals surface area contributed by atoms with E-state index in [9.17, 15) is 18.0 Å². The molecule has 1 saturated carbocycles. The van der Waals surface area contributed by atoms with Gasteiger partial charge >= 0.3 is 6.03 Å². The lowest BCUT2D eigenvalue weighted by Crippen LogP contribution is -2.52. The van der Waals surface area contributed by atoms with Gasteiger partial charge in [0.1, 0.15) is 0 Å². The van der Waals surface area contributed by atoms with Crippen LogP contribution in [0.3, 0.4) is 0 Å². The van der Waals surface area contributed by atoms with Crippen LogP contribution in [0.15, 0.2) is 71.6 Å². The van der Waals surface area contributed by atoms with Crippen molar-refractivity contribution in [3.05, 3.63) is 77.9 Å². The number of hydrazine groups is 1. The summed E-state index contributed by atoms with van der Waals surface area (Å²) in [6.07, 6.45) is 3.93. The molecule has 36 heavy (non-hydrogen) atoms. The average Bonchev–Trinajstić information content (AvgIpc) is 3.41. The second-order valence-corrected chi connectivity index (χ2v) is 10.9. The van der Waals surface area contributed by atoms with Crippen LogP contribution in [0, 0.1) is 0 Å². The van der Waals surface area contributed by atoms with E-state index in [2.05, 4.69) is 10.1 Å². The molecule has 0 heterocycles. The van der Waals surface area contributed by atoms with E-state index >= 15 is 0 Å². The highest BCUT2D eigenvalue weighted by Gasteiger charge is 2.30. The summed E-state index contributed by atoms with van der Waals surface area (Å²) in [6.45, 7) is 1.92. The molecule has 1 aliphatic carbocycles. The number of hydrogen-bond donors (Lipinski definition) is 2. The summed E-state index contributed by atoms with van der Waals surface area (Å²) in [5, 5.41) is 5.66. The molecule has 0 saturated heterocycles. The van der Waals surface area contributed by atoms with Crippen molar-refractivity contribution in [3.63, 3.8) is 0 Å². The van der Waals surface area contributed by atoms with Gasteiger partial charge in [-0.15, -0.1) is 4.83 Å². The normalized spacial score (nSPS) is 14.1. The molecule has 8 nitrogen and oxygen atoms in total. The van der Waals surface area contributed by atoms with Crippen molar-refractivity contribution < 1.29 is 18.0 Å². The molecule has 0 radical (unpaired) electrons. The van der Waals surface area contributed by atoms with Crippen molar-refractivity contribution in [3.8, 4) is 0 Å². The lowest BCUT2D eigenvalue weighted by Gasteiger charge is -2.31. The zero-order valence-electron chi connectivity index (χ0n) is 20.6. The minimum Gasteiger partial charge on any atom is -0.352 e. The van der Waals surface area contributed by atoms with E-state index in [1.807, 2.05) is 48.5 Å². The van der Waals surface area contributed by atoms with Gasteiger partial charge in [-0.2, -0.15) is 0 Å². The Labute approximate surface area is 212 Å². The Morgan fingerprint density at radius 3 is 2.22 bits per heavy atom. The third-order valence-electron chi connectivity index (χ3n) is 6.57. The van der Waals surface area contributed by atoms with Crippen LogP contribution in [0.2, 0.25) is 0 Å². The predicted octanol–water partition coefficient (Wildman–Crippen LogP) is 4.17. The molecule has 3 aromatic carbocycles. The summed E-state index contributed by atoms with van der Waals surface area (Å²) in [5.74, 6) is -0.117. The summed E-state index contributed by atoms with van der Waals surface area (Å²) < 4.78 is 26.7. The van der Waals surface area contributed by atoms with Gasteiger partial charge in [-0.3, -0.25) is 4.79 Å². The monoisotopic (exact) mass is 508 g/mol. The fourth-order valence-corrected chi connectivity index (χ4v) is 5.55. The molecule has 2 N–H and O–H groups in total. The predicted molar refractivity (Wildman–Crippen MR) is 139 cm³/mol. The van der Waals surface area contributed by atoms with E-state index in [1.54, 1.807) is 30.1 Å². The number of carbonyl (C=O) groups excluding carboxylic acids is 2. The van der Waals surface area contributed by atoms with Crippen LogP contribution in [0.5, 0.6) is 0 Å². The molecule has 4 rings (SSSR count). The van der Waals surface area contributed by atoms with Crippen molar-refractivity contribution in [2.75, 3.05) is 7.05 Å². The van der Waals surface area contributed by atoms with Crippen LogP contribution in [0.25, 0.3) is 10.8 Å². The molecule has 190 valence electrons. The first-order valence-corrected chi connectivity index (χ1v) is 13.6. The number of rotatable bonds is 8. The van der Waals surface area contributed by atoms with Gasteiger partial charge in [0.25, 0.3) is 10.0 Å². The Morgan fingerprint density at radius 2 is 1.56 bits per heavy atom. The standard InChI is InChI=1S/C27H32N4O4S/c1-20(32)28-18-21-11-13-22(14-12-21)19-31(27(33)30(2)25-9-5-6-10-25)29-36(34,35)26-16-15-23-7-3-4-8-24(23)17-26/h3-4,7-8,11-17,25,29H,5-6,9-10,18-19H2,1-2H3,(H,28,32). The first kappa shape index (κ1) is 25.7. The van der Waals surface area contributed by atoms with Gasteiger partial charge < -0.3 is 10.2 Å². The Kier molecular flexibility index (Phi) is 7.91. The van der Waals surface area contributed by atoms with E-state index in [1.165, 1.54) is 11.9 Å². The maximum Gasteiger partial charge on any atom is 0.335 e. The molecule has 9 heteroatoms. The summed E-state index contributed by atoms with van der Waals surface area (Å²) in [4.78, 5) is 28.9. The molecule has 0 aliphatic heterocycles. The number of carbonyl (C=O) groups is 2. The summed E-state index contributed by atoms with van der Waals surface area (Å²) in [5.41, 5.74) is 1.67. The molecular formula is C27H32N4O4S. The van der Waals surface area contributed by atoms with Gasteiger partial charge in [-0.25, -0.2) is 18.2 Å². The first-order valence-electron chi connectivity index (χ1n) is 12.1. The number of urea groups is 1. The quantitative estimate of drug-likeness (QED) is 0.446. The Hall–Kier alpha value is -3.43. The van der Waals surface area contributed by atoms with Crippen LogP contribution in [-0.2, 0) is 27.9 Å². The van der Waals surface area contributed by atoms with Crippen LogP contribution in [0.4, 0.5) is 4.79 Å². The van der Waals surface area contributed by atoms with Crippen molar-refractivity contribution in [2.45, 2.75) is 56.6 Å². The Bertz CT molecular complexity index is 1340. The second-order valence-electron chi connectivity index (χ2n) is 9.25. The molecule has 0 aromatic heterocycles.